The first-order valence-electron chi connectivity index (χ1n) is 6.36. The summed E-state index contributed by atoms with van der Waals surface area (Å²) in [5, 5.41) is 9.10. The van der Waals surface area contributed by atoms with E-state index >= 15 is 0 Å². The van der Waals surface area contributed by atoms with Gasteiger partial charge < -0.3 is 5.11 Å². The van der Waals surface area contributed by atoms with Gasteiger partial charge >= 0.3 is 5.97 Å². The van der Waals surface area contributed by atoms with Crippen LogP contribution in [0.5, 0.6) is 0 Å². The van der Waals surface area contributed by atoms with E-state index in [0.717, 1.165) is 42.7 Å². The molecule has 1 N–H and O–H groups in total. The van der Waals surface area contributed by atoms with E-state index in [9.17, 15) is 14.4 Å². The van der Waals surface area contributed by atoms with E-state index in [-0.39, 0.29) is 0 Å². The Morgan fingerprint density at radius 3 is 2.22 bits per heavy atom. The van der Waals surface area contributed by atoms with E-state index in [4.69, 9.17) is 5.11 Å². The molecule has 0 radical (unpaired) electrons. The summed E-state index contributed by atoms with van der Waals surface area (Å²) in [5.41, 5.74) is 0. The van der Waals surface area contributed by atoms with Crippen LogP contribution >= 0.6 is 0 Å². The highest BCUT2D eigenvalue weighted by atomic mass is 16.4. The first-order chi connectivity index (χ1) is 8.57. The van der Waals surface area contributed by atoms with Crippen LogP contribution in [0.2, 0.25) is 0 Å². The van der Waals surface area contributed by atoms with Crippen molar-refractivity contribution in [1.29, 1.82) is 0 Å². The quantitative estimate of drug-likeness (QED) is 0.528. The van der Waals surface area contributed by atoms with Crippen LogP contribution < -0.4 is 0 Å². The van der Waals surface area contributed by atoms with E-state index in [0.29, 0.717) is 12.8 Å². The van der Waals surface area contributed by atoms with Crippen LogP contribution in [0, 0.1) is 0 Å². The number of amides is 2. The summed E-state index contributed by atoms with van der Waals surface area (Å²) in [6.45, 7) is 2.10. The standard InChI is InChI=1S/C13H19NO4/c1-2-3-4-5-6-7-10(13(17)18)14-11(15)8-9-12(14)16/h8-10H,2-7H2,1H3,(H,17,18). The molecule has 0 saturated heterocycles. The minimum atomic E-state index is -1.11. The highest BCUT2D eigenvalue weighted by molar-refractivity contribution is 6.14. The van der Waals surface area contributed by atoms with Crippen molar-refractivity contribution >= 4 is 17.8 Å². The van der Waals surface area contributed by atoms with Crippen molar-refractivity contribution in [3.8, 4) is 0 Å². The monoisotopic (exact) mass is 253 g/mol. The van der Waals surface area contributed by atoms with Gasteiger partial charge in [-0.3, -0.25) is 14.5 Å². The molecule has 0 fully saturated rings. The molecule has 1 aliphatic heterocycles. The molecule has 0 aromatic rings. The molecule has 5 nitrogen and oxygen atoms in total. The van der Waals surface area contributed by atoms with Crippen LogP contribution in [0.3, 0.4) is 0 Å². The van der Waals surface area contributed by atoms with Gasteiger partial charge in [-0.2, -0.15) is 0 Å². The first kappa shape index (κ1) is 14.4. The Morgan fingerprint density at radius 1 is 1.17 bits per heavy atom. The number of aliphatic carboxylic acids is 1. The van der Waals surface area contributed by atoms with Crippen molar-refractivity contribution < 1.29 is 19.5 Å². The Morgan fingerprint density at radius 2 is 1.72 bits per heavy atom. The van der Waals surface area contributed by atoms with Crippen LogP contribution in [0.15, 0.2) is 12.2 Å². The van der Waals surface area contributed by atoms with Gasteiger partial charge in [0.2, 0.25) is 0 Å². The van der Waals surface area contributed by atoms with Crippen LogP contribution in [0.25, 0.3) is 0 Å². The fourth-order valence-corrected chi connectivity index (χ4v) is 2.02. The lowest BCUT2D eigenvalue weighted by molar-refractivity contribution is -0.153. The molecule has 1 unspecified atom stereocenters. The third-order valence-electron chi connectivity index (χ3n) is 3.02. The second kappa shape index (κ2) is 6.93. The first-order valence-corrected chi connectivity index (χ1v) is 6.36. The Kier molecular flexibility index (Phi) is 5.55. The largest absolute Gasteiger partial charge is 0.480 e. The molecule has 1 atom stereocenters. The number of hydrogen-bond donors (Lipinski definition) is 1. The average molecular weight is 253 g/mol. The minimum Gasteiger partial charge on any atom is -0.480 e. The van der Waals surface area contributed by atoms with Gasteiger partial charge in [0.25, 0.3) is 11.8 Å². The van der Waals surface area contributed by atoms with Gasteiger partial charge in [-0.1, -0.05) is 39.0 Å². The summed E-state index contributed by atoms with van der Waals surface area (Å²) in [4.78, 5) is 34.8. The van der Waals surface area contributed by atoms with E-state index in [1.165, 1.54) is 0 Å². The normalized spacial score (nSPS) is 16.4. The van der Waals surface area contributed by atoms with Crippen molar-refractivity contribution in [3.05, 3.63) is 12.2 Å². The minimum absolute atomic E-state index is 0.332. The molecular weight excluding hydrogens is 234 g/mol. The molecule has 0 saturated carbocycles. The summed E-state index contributed by atoms with van der Waals surface area (Å²) in [6.07, 6.45) is 7.53. The maximum Gasteiger partial charge on any atom is 0.326 e. The predicted octanol–water partition coefficient (Wildman–Crippen LogP) is 1.73. The van der Waals surface area contributed by atoms with Crippen molar-refractivity contribution in [3.63, 3.8) is 0 Å². The van der Waals surface area contributed by atoms with Gasteiger partial charge in [0, 0.05) is 12.2 Å². The molecular formula is C13H19NO4. The third-order valence-corrected chi connectivity index (χ3v) is 3.02. The van der Waals surface area contributed by atoms with Gasteiger partial charge in [-0.25, -0.2) is 4.79 Å². The lowest BCUT2D eigenvalue weighted by atomic mass is 10.1. The molecule has 100 valence electrons. The zero-order valence-corrected chi connectivity index (χ0v) is 10.6. The number of unbranched alkanes of at least 4 members (excludes halogenated alkanes) is 4. The van der Waals surface area contributed by atoms with Crippen molar-refractivity contribution in [1.82, 2.24) is 4.90 Å². The summed E-state index contributed by atoms with van der Waals surface area (Å²) in [5.74, 6) is -2.17. The second-order valence-corrected chi connectivity index (χ2v) is 4.44. The van der Waals surface area contributed by atoms with E-state index in [1.54, 1.807) is 0 Å². The van der Waals surface area contributed by atoms with Crippen LogP contribution in [0.4, 0.5) is 0 Å². The van der Waals surface area contributed by atoms with E-state index in [2.05, 4.69) is 6.92 Å². The molecule has 5 heteroatoms. The highest BCUT2D eigenvalue weighted by Crippen LogP contribution is 2.16. The Hall–Kier alpha value is -1.65. The SMILES string of the molecule is CCCCCCCC(C(=O)O)N1C(=O)C=CC1=O. The number of rotatable bonds is 8. The zero-order chi connectivity index (χ0) is 13.5. The number of carbonyl (C=O) groups is 3. The number of hydrogen-bond acceptors (Lipinski definition) is 3. The molecule has 0 aromatic carbocycles. The fraction of sp³-hybridized carbons (Fsp3) is 0.615. The number of imide groups is 1. The van der Waals surface area contributed by atoms with Crippen LogP contribution in [-0.4, -0.2) is 33.8 Å². The summed E-state index contributed by atoms with van der Waals surface area (Å²) >= 11 is 0. The summed E-state index contributed by atoms with van der Waals surface area (Å²) in [6, 6.07) is -1.03. The smallest absolute Gasteiger partial charge is 0.326 e. The number of carboxylic acid groups (broad SMARTS) is 1. The Bertz CT molecular complexity index is 344. The fourth-order valence-electron chi connectivity index (χ4n) is 2.02. The van der Waals surface area contributed by atoms with Crippen LogP contribution in [0.1, 0.15) is 45.4 Å². The molecule has 1 heterocycles. The second-order valence-electron chi connectivity index (χ2n) is 4.44. The molecule has 1 rings (SSSR count). The van der Waals surface area contributed by atoms with Gasteiger partial charge in [-0.05, 0) is 6.42 Å². The van der Waals surface area contributed by atoms with E-state index in [1.807, 2.05) is 0 Å². The molecule has 0 spiro atoms. The maximum absolute atomic E-state index is 11.4. The molecule has 0 aromatic heterocycles. The maximum atomic E-state index is 11.4. The zero-order valence-electron chi connectivity index (χ0n) is 10.6. The van der Waals surface area contributed by atoms with Crippen molar-refractivity contribution in [2.24, 2.45) is 0 Å². The topological polar surface area (TPSA) is 74.7 Å². The summed E-state index contributed by atoms with van der Waals surface area (Å²) < 4.78 is 0. The molecule has 0 aliphatic carbocycles. The Balaban J connectivity index is 2.48. The van der Waals surface area contributed by atoms with Gasteiger partial charge in [-0.15, -0.1) is 0 Å². The van der Waals surface area contributed by atoms with E-state index < -0.39 is 23.8 Å². The van der Waals surface area contributed by atoms with Crippen LogP contribution in [-0.2, 0) is 14.4 Å². The Labute approximate surface area is 106 Å². The van der Waals surface area contributed by atoms with Gasteiger partial charge in [0.05, 0.1) is 0 Å². The van der Waals surface area contributed by atoms with Gasteiger partial charge in [0.1, 0.15) is 6.04 Å². The molecule has 0 bridgehead atoms. The van der Waals surface area contributed by atoms with Crippen molar-refractivity contribution in [2.45, 2.75) is 51.5 Å². The molecule has 1 aliphatic rings. The number of carboxylic acids is 1. The van der Waals surface area contributed by atoms with Crippen molar-refractivity contribution in [2.75, 3.05) is 0 Å². The average Bonchev–Trinajstić information content (AvgIpc) is 2.64. The lowest BCUT2D eigenvalue weighted by Crippen LogP contribution is -2.44. The number of nitrogens with zero attached hydrogens (tertiary/aromatic N) is 1. The lowest BCUT2D eigenvalue weighted by Gasteiger charge is -2.22. The van der Waals surface area contributed by atoms with Gasteiger partial charge in [0.15, 0.2) is 0 Å². The predicted molar refractivity (Wildman–Crippen MR) is 65.8 cm³/mol. The summed E-state index contributed by atoms with van der Waals surface area (Å²) in [7, 11) is 0. The number of carbonyl (C=O) groups excluding carboxylic acids is 2. The highest BCUT2D eigenvalue weighted by Gasteiger charge is 2.35. The molecule has 18 heavy (non-hydrogen) atoms. The molecule has 2 amide bonds. The third kappa shape index (κ3) is 3.68.